The Bertz CT molecular complexity index is 1180. The average Bonchev–Trinajstić information content (AvgIpc) is 3.05. The fourth-order valence-corrected chi connectivity index (χ4v) is 3.62. The number of nitrogens with zero attached hydrogens (tertiary/aromatic N) is 1. The molecule has 32 heavy (non-hydrogen) atoms. The molecule has 0 atom stereocenters. The van der Waals surface area contributed by atoms with Gasteiger partial charge in [0.15, 0.2) is 0 Å². The second kappa shape index (κ2) is 8.98. The Morgan fingerprint density at radius 1 is 0.875 bits per heavy atom. The van der Waals surface area contributed by atoms with Crippen LogP contribution in [0, 0.1) is 6.92 Å². The number of hydrogen-bond donors (Lipinski definition) is 1. The number of para-hydroxylation sites is 1. The normalized spacial score (nSPS) is 13.5. The van der Waals surface area contributed by atoms with Crippen LogP contribution in [-0.4, -0.2) is 25.5 Å². The molecule has 4 rings (SSSR count). The van der Waals surface area contributed by atoms with Crippen LogP contribution in [-0.2, 0) is 9.59 Å². The number of rotatable bonds is 7. The van der Waals surface area contributed by atoms with Crippen molar-refractivity contribution in [1.82, 2.24) is 0 Å². The van der Waals surface area contributed by atoms with E-state index in [1.165, 1.54) is 12.0 Å². The monoisotopic (exact) mass is 428 g/mol. The van der Waals surface area contributed by atoms with E-state index < -0.39 is 11.8 Å². The molecule has 162 valence electrons. The number of amides is 2. The van der Waals surface area contributed by atoms with Crippen LogP contribution in [0.4, 0.5) is 11.4 Å². The first-order valence-corrected chi connectivity index (χ1v) is 10.4. The zero-order valence-electron chi connectivity index (χ0n) is 18.2. The number of ether oxygens (including phenoxy) is 2. The Morgan fingerprint density at radius 2 is 1.56 bits per heavy atom. The molecular formula is C26H24N2O4. The number of methoxy groups -OCH3 is 1. The smallest absolute Gasteiger partial charge is 0.282 e. The molecule has 0 saturated carbocycles. The van der Waals surface area contributed by atoms with Gasteiger partial charge in [-0.3, -0.25) is 9.59 Å². The van der Waals surface area contributed by atoms with E-state index in [9.17, 15) is 9.59 Å². The standard InChI is InChI=1S/C26H24N2O4/c1-4-32-20-15-11-18(12-16-20)27-24-23(21-7-5-6-8-22(21)31-3)25(29)28(26(24)30)19-13-9-17(2)10-14-19/h5-16,27H,4H2,1-3H3. The lowest BCUT2D eigenvalue weighted by molar-refractivity contribution is -0.120. The van der Waals surface area contributed by atoms with Crippen molar-refractivity contribution in [3.63, 3.8) is 0 Å². The molecular weight excluding hydrogens is 404 g/mol. The number of carbonyl (C=O) groups is 2. The second-order valence-electron chi connectivity index (χ2n) is 7.31. The second-order valence-corrected chi connectivity index (χ2v) is 7.31. The van der Waals surface area contributed by atoms with E-state index in [1.54, 1.807) is 24.3 Å². The van der Waals surface area contributed by atoms with E-state index in [-0.39, 0.29) is 11.3 Å². The SMILES string of the molecule is CCOc1ccc(NC2=C(c3ccccc3OC)C(=O)N(c3ccc(C)cc3)C2=O)cc1. The van der Waals surface area contributed by atoms with Crippen LogP contribution >= 0.6 is 0 Å². The van der Waals surface area contributed by atoms with Gasteiger partial charge in [-0.15, -0.1) is 0 Å². The van der Waals surface area contributed by atoms with E-state index in [0.717, 1.165) is 11.3 Å². The highest BCUT2D eigenvalue weighted by molar-refractivity contribution is 6.46. The number of benzene rings is 3. The maximum absolute atomic E-state index is 13.5. The lowest BCUT2D eigenvalue weighted by atomic mass is 10.0. The maximum Gasteiger partial charge on any atom is 0.282 e. The molecule has 1 N–H and O–H groups in total. The molecule has 1 aliphatic rings. The number of carbonyl (C=O) groups excluding carboxylic acids is 2. The minimum absolute atomic E-state index is 0.198. The molecule has 3 aromatic rings. The zero-order valence-corrected chi connectivity index (χ0v) is 18.2. The van der Waals surface area contributed by atoms with Gasteiger partial charge in [-0.2, -0.15) is 0 Å². The van der Waals surface area contributed by atoms with E-state index in [1.807, 2.05) is 62.4 Å². The van der Waals surface area contributed by atoms with E-state index in [4.69, 9.17) is 9.47 Å². The van der Waals surface area contributed by atoms with Gasteiger partial charge in [0.05, 0.1) is 25.0 Å². The average molecular weight is 428 g/mol. The van der Waals surface area contributed by atoms with Gasteiger partial charge < -0.3 is 14.8 Å². The number of aryl methyl sites for hydroxylation is 1. The van der Waals surface area contributed by atoms with Gasteiger partial charge in [-0.25, -0.2) is 4.90 Å². The van der Waals surface area contributed by atoms with Gasteiger partial charge in [0.1, 0.15) is 17.2 Å². The van der Waals surface area contributed by atoms with Crippen molar-refractivity contribution in [2.45, 2.75) is 13.8 Å². The van der Waals surface area contributed by atoms with Crippen molar-refractivity contribution in [3.05, 3.63) is 89.6 Å². The number of anilines is 2. The molecule has 0 fully saturated rings. The third-order valence-corrected chi connectivity index (χ3v) is 5.19. The molecule has 0 aromatic heterocycles. The van der Waals surface area contributed by atoms with Crippen LogP contribution in [0.2, 0.25) is 0 Å². The van der Waals surface area contributed by atoms with Crippen molar-refractivity contribution in [2.24, 2.45) is 0 Å². The summed E-state index contributed by atoms with van der Waals surface area (Å²) in [7, 11) is 1.54. The van der Waals surface area contributed by atoms with Crippen molar-refractivity contribution in [2.75, 3.05) is 23.9 Å². The summed E-state index contributed by atoms with van der Waals surface area (Å²) in [5.41, 5.74) is 3.24. The van der Waals surface area contributed by atoms with E-state index >= 15 is 0 Å². The number of nitrogens with one attached hydrogen (secondary N) is 1. The van der Waals surface area contributed by atoms with Crippen molar-refractivity contribution in [3.8, 4) is 11.5 Å². The molecule has 1 heterocycles. The van der Waals surface area contributed by atoms with Gasteiger partial charge in [-0.05, 0) is 56.3 Å². The molecule has 1 aliphatic heterocycles. The quantitative estimate of drug-likeness (QED) is 0.548. The highest BCUT2D eigenvalue weighted by atomic mass is 16.5. The third-order valence-electron chi connectivity index (χ3n) is 5.19. The zero-order chi connectivity index (χ0) is 22.7. The molecule has 0 spiro atoms. The Hall–Kier alpha value is -4.06. The Morgan fingerprint density at radius 3 is 2.22 bits per heavy atom. The van der Waals surface area contributed by atoms with Crippen molar-refractivity contribution >= 4 is 28.8 Å². The molecule has 0 radical (unpaired) electrons. The summed E-state index contributed by atoms with van der Waals surface area (Å²) in [5.74, 6) is 0.415. The molecule has 6 heteroatoms. The summed E-state index contributed by atoms with van der Waals surface area (Å²) in [4.78, 5) is 28.2. The van der Waals surface area contributed by atoms with Gasteiger partial charge >= 0.3 is 0 Å². The Labute approximate surface area is 187 Å². The van der Waals surface area contributed by atoms with Gasteiger partial charge in [0.2, 0.25) is 0 Å². The first-order chi connectivity index (χ1) is 15.5. The fourth-order valence-electron chi connectivity index (χ4n) is 3.62. The van der Waals surface area contributed by atoms with Crippen molar-refractivity contribution < 1.29 is 19.1 Å². The summed E-state index contributed by atoms with van der Waals surface area (Å²) < 4.78 is 11.0. The minimum Gasteiger partial charge on any atom is -0.496 e. The Balaban J connectivity index is 1.80. The van der Waals surface area contributed by atoms with Crippen LogP contribution in [0.15, 0.2) is 78.5 Å². The highest BCUT2D eigenvalue weighted by Crippen LogP contribution is 2.37. The lowest BCUT2D eigenvalue weighted by Gasteiger charge is -2.16. The van der Waals surface area contributed by atoms with Crippen LogP contribution < -0.4 is 19.7 Å². The molecule has 3 aromatic carbocycles. The summed E-state index contributed by atoms with van der Waals surface area (Å²) in [6.07, 6.45) is 0. The summed E-state index contributed by atoms with van der Waals surface area (Å²) >= 11 is 0. The Kier molecular flexibility index (Phi) is 5.94. The largest absolute Gasteiger partial charge is 0.496 e. The van der Waals surface area contributed by atoms with Crippen LogP contribution in [0.5, 0.6) is 11.5 Å². The minimum atomic E-state index is -0.423. The predicted molar refractivity (Wildman–Crippen MR) is 125 cm³/mol. The predicted octanol–water partition coefficient (Wildman–Crippen LogP) is 4.80. The third kappa shape index (κ3) is 3.95. The lowest BCUT2D eigenvalue weighted by Crippen LogP contribution is -2.32. The highest BCUT2D eigenvalue weighted by Gasteiger charge is 2.41. The first kappa shape index (κ1) is 21.2. The van der Waals surface area contributed by atoms with Crippen LogP contribution in [0.25, 0.3) is 5.57 Å². The molecule has 2 amide bonds. The fraction of sp³-hybridized carbons (Fsp3) is 0.154. The molecule has 0 saturated heterocycles. The number of hydrogen-bond acceptors (Lipinski definition) is 5. The van der Waals surface area contributed by atoms with E-state index in [2.05, 4.69) is 5.32 Å². The maximum atomic E-state index is 13.5. The van der Waals surface area contributed by atoms with Crippen LogP contribution in [0.1, 0.15) is 18.1 Å². The molecule has 0 unspecified atom stereocenters. The van der Waals surface area contributed by atoms with Crippen molar-refractivity contribution in [1.29, 1.82) is 0 Å². The van der Waals surface area contributed by atoms with E-state index in [0.29, 0.717) is 29.3 Å². The summed E-state index contributed by atoms with van der Waals surface area (Å²) in [6.45, 7) is 4.43. The van der Waals surface area contributed by atoms with Gasteiger partial charge in [0, 0.05) is 11.3 Å². The molecule has 6 nitrogen and oxygen atoms in total. The molecule has 0 bridgehead atoms. The first-order valence-electron chi connectivity index (χ1n) is 10.4. The summed E-state index contributed by atoms with van der Waals surface area (Å²) in [5, 5.41) is 3.16. The molecule has 0 aliphatic carbocycles. The summed E-state index contributed by atoms with van der Waals surface area (Å²) in [6, 6.07) is 21.7. The van der Waals surface area contributed by atoms with Gasteiger partial charge in [-0.1, -0.05) is 35.9 Å². The topological polar surface area (TPSA) is 67.9 Å². The van der Waals surface area contributed by atoms with Gasteiger partial charge in [0.25, 0.3) is 11.8 Å². The number of imide groups is 1. The van der Waals surface area contributed by atoms with Crippen LogP contribution in [0.3, 0.4) is 0 Å².